The van der Waals surface area contributed by atoms with Gasteiger partial charge in [0.1, 0.15) is 11.5 Å². The van der Waals surface area contributed by atoms with Crippen LogP contribution in [0.5, 0.6) is 11.5 Å². The smallest absolute Gasteiger partial charge is 0.135 e. The third-order valence-electron chi connectivity index (χ3n) is 1.63. The van der Waals surface area contributed by atoms with Crippen molar-refractivity contribution >= 4 is 23.4 Å². The van der Waals surface area contributed by atoms with Gasteiger partial charge in [0, 0.05) is 5.75 Å². The summed E-state index contributed by atoms with van der Waals surface area (Å²) in [6.07, 6.45) is 0. The number of halogens is 1. The third-order valence-corrected chi connectivity index (χ3v) is 3.19. The first-order valence-electron chi connectivity index (χ1n) is 3.56. The molecule has 0 aliphatic carbocycles. The molecule has 1 aromatic carbocycles. The summed E-state index contributed by atoms with van der Waals surface area (Å²) in [6, 6.07) is 3.29. The largest absolute Gasteiger partial charge is 0.506 e. The zero-order valence-corrected chi connectivity index (χ0v) is 7.78. The normalized spacial score (nSPS) is 15.1. The molecule has 1 heterocycles. The van der Waals surface area contributed by atoms with Crippen LogP contribution in [0.2, 0.25) is 5.02 Å². The van der Waals surface area contributed by atoms with Crippen LogP contribution in [0.15, 0.2) is 17.0 Å². The molecule has 64 valence electrons. The number of fused-ring (bicyclic) bond motifs is 1. The minimum absolute atomic E-state index is 0.119. The Morgan fingerprint density at radius 1 is 1.50 bits per heavy atom. The first kappa shape index (κ1) is 8.08. The predicted octanol–water partition coefficient (Wildman–Crippen LogP) is 2.53. The quantitative estimate of drug-likeness (QED) is 0.701. The number of hydrogen-bond donors (Lipinski definition) is 1. The molecular formula is C8H7ClO2S. The highest BCUT2D eigenvalue weighted by Crippen LogP contribution is 2.42. The van der Waals surface area contributed by atoms with Crippen molar-refractivity contribution in [2.75, 3.05) is 12.4 Å². The molecule has 0 saturated carbocycles. The Balaban J connectivity index is 2.54. The zero-order chi connectivity index (χ0) is 8.55. The summed E-state index contributed by atoms with van der Waals surface area (Å²) in [7, 11) is 0. The summed E-state index contributed by atoms with van der Waals surface area (Å²) in [4.78, 5) is 0.850. The van der Waals surface area contributed by atoms with Gasteiger partial charge in [0.05, 0.1) is 16.5 Å². The van der Waals surface area contributed by atoms with Crippen molar-refractivity contribution in [3.63, 3.8) is 0 Å². The molecule has 4 heteroatoms. The van der Waals surface area contributed by atoms with Crippen molar-refractivity contribution in [2.24, 2.45) is 0 Å². The molecule has 2 rings (SSSR count). The van der Waals surface area contributed by atoms with Crippen LogP contribution in [0.25, 0.3) is 0 Å². The predicted molar refractivity (Wildman–Crippen MR) is 49.3 cm³/mol. The first-order chi connectivity index (χ1) is 5.79. The van der Waals surface area contributed by atoms with Gasteiger partial charge in [-0.2, -0.15) is 0 Å². The van der Waals surface area contributed by atoms with E-state index in [4.69, 9.17) is 16.3 Å². The number of phenols is 1. The van der Waals surface area contributed by atoms with Crippen LogP contribution < -0.4 is 4.74 Å². The van der Waals surface area contributed by atoms with Crippen LogP contribution in [-0.2, 0) is 0 Å². The summed E-state index contributed by atoms with van der Waals surface area (Å²) in [5.74, 6) is 1.78. The molecule has 2 nitrogen and oxygen atoms in total. The number of rotatable bonds is 0. The van der Waals surface area contributed by atoms with Crippen LogP contribution in [0, 0.1) is 0 Å². The fourth-order valence-corrected chi connectivity index (χ4v) is 2.26. The highest BCUT2D eigenvalue weighted by molar-refractivity contribution is 7.99. The number of benzene rings is 1. The molecule has 12 heavy (non-hydrogen) atoms. The second-order valence-corrected chi connectivity index (χ2v) is 3.91. The Bertz CT molecular complexity index is 314. The Morgan fingerprint density at radius 3 is 3.17 bits per heavy atom. The summed E-state index contributed by atoms with van der Waals surface area (Å²) < 4.78 is 5.34. The van der Waals surface area contributed by atoms with E-state index in [1.54, 1.807) is 23.9 Å². The second kappa shape index (κ2) is 3.07. The summed E-state index contributed by atoms with van der Waals surface area (Å²) in [6.45, 7) is 0.707. The third kappa shape index (κ3) is 1.23. The molecule has 0 radical (unpaired) electrons. The van der Waals surface area contributed by atoms with Crippen LogP contribution in [-0.4, -0.2) is 17.5 Å². The van der Waals surface area contributed by atoms with Crippen molar-refractivity contribution in [3.05, 3.63) is 17.2 Å². The van der Waals surface area contributed by atoms with Crippen LogP contribution in [0.4, 0.5) is 0 Å². The maximum atomic E-state index is 9.27. The lowest BCUT2D eigenvalue weighted by Crippen LogP contribution is -2.06. The minimum atomic E-state index is 0.119. The van der Waals surface area contributed by atoms with E-state index in [1.165, 1.54) is 0 Å². The average molecular weight is 203 g/mol. The van der Waals surface area contributed by atoms with Crippen molar-refractivity contribution in [1.82, 2.24) is 0 Å². The van der Waals surface area contributed by atoms with Crippen LogP contribution in [0.3, 0.4) is 0 Å². The summed E-state index contributed by atoms with van der Waals surface area (Å²) >= 11 is 7.47. The molecule has 1 aliphatic rings. The Hall–Kier alpha value is -0.540. The van der Waals surface area contributed by atoms with E-state index in [9.17, 15) is 5.11 Å². The SMILES string of the molecule is Oc1ccc2c(c1Cl)SCCO2. The van der Waals surface area contributed by atoms with Gasteiger partial charge in [0.25, 0.3) is 0 Å². The number of aromatic hydroxyl groups is 1. The Labute approximate surface area is 79.5 Å². The lowest BCUT2D eigenvalue weighted by molar-refractivity contribution is 0.329. The number of phenolic OH excluding ortho intramolecular Hbond substituents is 1. The molecule has 1 aliphatic heterocycles. The van der Waals surface area contributed by atoms with Gasteiger partial charge in [0.15, 0.2) is 0 Å². The molecule has 1 N–H and O–H groups in total. The topological polar surface area (TPSA) is 29.5 Å². The Kier molecular flexibility index (Phi) is 2.07. The summed E-state index contributed by atoms with van der Waals surface area (Å²) in [5, 5.41) is 9.67. The standard InChI is InChI=1S/C8H7ClO2S/c9-7-5(10)1-2-6-8(7)12-4-3-11-6/h1-2,10H,3-4H2. The summed E-state index contributed by atoms with van der Waals surface area (Å²) in [5.41, 5.74) is 0. The number of ether oxygens (including phenoxy) is 1. The molecule has 0 amide bonds. The van der Waals surface area contributed by atoms with Gasteiger partial charge < -0.3 is 9.84 Å². The first-order valence-corrected chi connectivity index (χ1v) is 4.92. The number of thioether (sulfide) groups is 1. The second-order valence-electron chi connectivity index (χ2n) is 2.42. The molecule has 0 atom stereocenters. The maximum absolute atomic E-state index is 9.27. The van der Waals surface area contributed by atoms with Gasteiger partial charge in [-0.3, -0.25) is 0 Å². The van der Waals surface area contributed by atoms with E-state index in [0.717, 1.165) is 16.4 Å². The van der Waals surface area contributed by atoms with Crippen LogP contribution >= 0.6 is 23.4 Å². The molecule has 0 unspecified atom stereocenters. The van der Waals surface area contributed by atoms with Gasteiger partial charge in [-0.15, -0.1) is 11.8 Å². The minimum Gasteiger partial charge on any atom is -0.506 e. The van der Waals surface area contributed by atoms with E-state index in [1.807, 2.05) is 0 Å². The maximum Gasteiger partial charge on any atom is 0.135 e. The number of hydrogen-bond acceptors (Lipinski definition) is 3. The van der Waals surface area contributed by atoms with Gasteiger partial charge in [-0.25, -0.2) is 0 Å². The highest BCUT2D eigenvalue weighted by Gasteiger charge is 2.16. The van der Waals surface area contributed by atoms with Crippen LogP contribution in [0.1, 0.15) is 0 Å². The lowest BCUT2D eigenvalue weighted by atomic mass is 10.3. The van der Waals surface area contributed by atoms with Crippen molar-refractivity contribution in [3.8, 4) is 11.5 Å². The molecule has 0 fully saturated rings. The Morgan fingerprint density at radius 2 is 2.33 bits per heavy atom. The van der Waals surface area contributed by atoms with Gasteiger partial charge in [-0.05, 0) is 12.1 Å². The van der Waals surface area contributed by atoms with Crippen molar-refractivity contribution in [2.45, 2.75) is 4.90 Å². The fraction of sp³-hybridized carbons (Fsp3) is 0.250. The van der Waals surface area contributed by atoms with E-state index in [0.29, 0.717) is 11.6 Å². The monoisotopic (exact) mass is 202 g/mol. The van der Waals surface area contributed by atoms with E-state index in [-0.39, 0.29) is 5.75 Å². The van der Waals surface area contributed by atoms with Gasteiger partial charge >= 0.3 is 0 Å². The lowest BCUT2D eigenvalue weighted by Gasteiger charge is -2.17. The van der Waals surface area contributed by atoms with Crippen molar-refractivity contribution < 1.29 is 9.84 Å². The molecule has 0 bridgehead atoms. The van der Waals surface area contributed by atoms with Gasteiger partial charge in [0.2, 0.25) is 0 Å². The van der Waals surface area contributed by atoms with E-state index in [2.05, 4.69) is 0 Å². The van der Waals surface area contributed by atoms with Gasteiger partial charge in [-0.1, -0.05) is 11.6 Å². The zero-order valence-electron chi connectivity index (χ0n) is 6.21. The molecule has 0 spiro atoms. The molecule has 0 aromatic heterocycles. The average Bonchev–Trinajstić information content (AvgIpc) is 2.12. The van der Waals surface area contributed by atoms with E-state index < -0.39 is 0 Å². The van der Waals surface area contributed by atoms with E-state index >= 15 is 0 Å². The fourth-order valence-electron chi connectivity index (χ4n) is 1.07. The molecular weight excluding hydrogens is 196 g/mol. The molecule has 1 aromatic rings. The highest BCUT2D eigenvalue weighted by atomic mass is 35.5. The molecule has 0 saturated heterocycles. The van der Waals surface area contributed by atoms with Crippen molar-refractivity contribution in [1.29, 1.82) is 0 Å².